The van der Waals surface area contributed by atoms with Crippen molar-refractivity contribution >= 4 is 23.5 Å². The number of alkyl carbamates (subject to hydrolysis) is 1. The van der Waals surface area contributed by atoms with Crippen molar-refractivity contribution in [3.63, 3.8) is 0 Å². The molecule has 3 N–H and O–H groups in total. The lowest BCUT2D eigenvalue weighted by Crippen LogP contribution is -2.37. The van der Waals surface area contributed by atoms with Crippen LogP contribution in [0.15, 0.2) is 24.4 Å². The lowest BCUT2D eigenvalue weighted by Gasteiger charge is -2.22. The topological polar surface area (TPSA) is 121 Å². The average molecular weight is 509 g/mol. The summed E-state index contributed by atoms with van der Waals surface area (Å²) in [5.74, 6) is -0.538. The molecule has 2 aliphatic heterocycles. The van der Waals surface area contributed by atoms with E-state index in [2.05, 4.69) is 25.8 Å². The molecule has 194 valence electrons. The SMILES string of the molecule is CC1(NC(=O)O[C@H]2CO[C@@H](c3cc(NC(=O)[C@@H]4CCN(c5cccnc5C(F)(F)F)C4)n[nH]3)C2)CC1. The van der Waals surface area contributed by atoms with Crippen molar-refractivity contribution in [3.8, 4) is 0 Å². The van der Waals surface area contributed by atoms with E-state index in [0.29, 0.717) is 25.1 Å². The van der Waals surface area contributed by atoms with Gasteiger partial charge in [-0.25, -0.2) is 9.78 Å². The molecule has 1 aliphatic carbocycles. The number of halogens is 3. The fourth-order valence-electron chi connectivity index (χ4n) is 4.49. The lowest BCUT2D eigenvalue weighted by molar-refractivity contribution is -0.140. The summed E-state index contributed by atoms with van der Waals surface area (Å²) in [6, 6.07) is 4.46. The lowest BCUT2D eigenvalue weighted by atomic mass is 10.1. The van der Waals surface area contributed by atoms with Gasteiger partial charge < -0.3 is 25.0 Å². The van der Waals surface area contributed by atoms with Gasteiger partial charge in [0, 0.05) is 37.3 Å². The van der Waals surface area contributed by atoms with Crippen LogP contribution >= 0.6 is 0 Å². The number of nitrogens with zero attached hydrogens (tertiary/aromatic N) is 3. The van der Waals surface area contributed by atoms with Gasteiger partial charge in [-0.2, -0.15) is 18.3 Å². The Hall–Kier alpha value is -3.35. The highest BCUT2D eigenvalue weighted by Gasteiger charge is 2.41. The average Bonchev–Trinajstić information content (AvgIpc) is 3.28. The minimum absolute atomic E-state index is 0.0302. The number of H-pyrrole nitrogens is 1. The van der Waals surface area contributed by atoms with Crippen LogP contribution in [0.5, 0.6) is 0 Å². The summed E-state index contributed by atoms with van der Waals surface area (Å²) in [6.45, 7) is 2.67. The first-order valence-corrected chi connectivity index (χ1v) is 11.8. The van der Waals surface area contributed by atoms with Gasteiger partial charge in [-0.1, -0.05) is 0 Å². The number of carbonyl (C=O) groups excluding carboxylic acids is 2. The number of rotatable bonds is 6. The number of ether oxygens (including phenoxy) is 2. The normalized spacial score (nSPS) is 25.0. The Bertz CT molecular complexity index is 1140. The molecule has 4 heterocycles. The first-order chi connectivity index (χ1) is 17.1. The third-order valence-electron chi connectivity index (χ3n) is 6.79. The van der Waals surface area contributed by atoms with Gasteiger partial charge in [0.1, 0.15) is 12.2 Å². The van der Waals surface area contributed by atoms with Crippen LogP contribution in [0, 0.1) is 5.92 Å². The fourth-order valence-corrected chi connectivity index (χ4v) is 4.49. The van der Waals surface area contributed by atoms with Crippen LogP contribution in [-0.2, 0) is 20.4 Å². The van der Waals surface area contributed by atoms with Gasteiger partial charge in [0.2, 0.25) is 5.91 Å². The predicted octanol–water partition coefficient (Wildman–Crippen LogP) is 3.40. The second-order valence-electron chi connectivity index (χ2n) is 9.77. The van der Waals surface area contributed by atoms with E-state index in [0.717, 1.165) is 19.0 Å². The van der Waals surface area contributed by atoms with Crippen LogP contribution in [0.3, 0.4) is 0 Å². The number of aromatic nitrogens is 3. The maximum atomic E-state index is 13.3. The highest BCUT2D eigenvalue weighted by molar-refractivity contribution is 5.92. The summed E-state index contributed by atoms with van der Waals surface area (Å²) in [6.07, 6.45) is -1.97. The molecule has 0 spiro atoms. The number of pyridine rings is 1. The highest BCUT2D eigenvalue weighted by Crippen LogP contribution is 2.37. The third kappa shape index (κ3) is 5.40. The fraction of sp³-hybridized carbons (Fsp3) is 0.565. The second-order valence-corrected chi connectivity index (χ2v) is 9.77. The zero-order chi connectivity index (χ0) is 25.5. The number of alkyl halides is 3. The molecule has 3 aliphatic rings. The molecule has 0 radical (unpaired) electrons. The molecule has 13 heteroatoms. The molecular weight excluding hydrogens is 481 g/mol. The molecule has 0 unspecified atom stereocenters. The molecule has 3 atom stereocenters. The van der Waals surface area contributed by atoms with Crippen LogP contribution < -0.4 is 15.5 Å². The quantitative estimate of drug-likeness (QED) is 0.547. The Labute approximate surface area is 204 Å². The molecule has 10 nitrogen and oxygen atoms in total. The summed E-state index contributed by atoms with van der Waals surface area (Å²) in [5.41, 5.74) is -0.524. The molecule has 2 amide bonds. The van der Waals surface area contributed by atoms with E-state index >= 15 is 0 Å². The summed E-state index contributed by atoms with van der Waals surface area (Å²) >= 11 is 0. The van der Waals surface area contributed by atoms with Crippen LogP contribution in [0.2, 0.25) is 0 Å². The number of nitrogens with one attached hydrogen (secondary N) is 3. The molecule has 0 bridgehead atoms. The number of aromatic amines is 1. The monoisotopic (exact) mass is 508 g/mol. The third-order valence-corrected chi connectivity index (χ3v) is 6.79. The zero-order valence-corrected chi connectivity index (χ0v) is 19.6. The summed E-state index contributed by atoms with van der Waals surface area (Å²) in [5, 5.41) is 12.5. The molecule has 3 fully saturated rings. The van der Waals surface area contributed by atoms with Crippen molar-refractivity contribution in [2.45, 2.75) is 56.5 Å². The van der Waals surface area contributed by atoms with E-state index in [9.17, 15) is 22.8 Å². The predicted molar refractivity (Wildman–Crippen MR) is 121 cm³/mol. The maximum Gasteiger partial charge on any atom is 0.435 e. The van der Waals surface area contributed by atoms with Gasteiger partial charge in [-0.05, 0) is 38.3 Å². The van der Waals surface area contributed by atoms with Gasteiger partial charge in [0.15, 0.2) is 11.5 Å². The van der Waals surface area contributed by atoms with Gasteiger partial charge in [-0.15, -0.1) is 0 Å². The van der Waals surface area contributed by atoms with Crippen molar-refractivity contribution in [2.75, 3.05) is 29.9 Å². The molecule has 36 heavy (non-hydrogen) atoms. The Morgan fingerprint density at radius 2 is 2.14 bits per heavy atom. The molecular formula is C23H27F3N6O4. The van der Waals surface area contributed by atoms with Gasteiger partial charge in [0.25, 0.3) is 0 Å². The minimum Gasteiger partial charge on any atom is -0.444 e. The Morgan fingerprint density at radius 1 is 1.33 bits per heavy atom. The standard InChI is InChI=1S/C23H27F3N6O4/c1-22(5-6-22)29-21(34)36-14-9-17(35-12-14)15-10-18(31-30-15)28-20(33)13-4-8-32(11-13)16-3-2-7-27-19(16)23(24,25)26/h2-3,7,10,13-14,17H,4-6,8-9,11-12H2,1H3,(H,29,34)(H2,28,30,31,33)/t13-,14-,17-/m1/s1. The van der Waals surface area contributed by atoms with Crippen molar-refractivity contribution in [1.82, 2.24) is 20.5 Å². The maximum absolute atomic E-state index is 13.3. The first kappa shape index (κ1) is 24.3. The van der Waals surface area contributed by atoms with Crippen LogP contribution in [-0.4, -0.2) is 58.5 Å². The van der Waals surface area contributed by atoms with E-state index in [1.54, 1.807) is 6.07 Å². The smallest absolute Gasteiger partial charge is 0.435 e. The number of anilines is 2. The number of hydrogen-bond acceptors (Lipinski definition) is 7. The minimum atomic E-state index is -4.58. The Morgan fingerprint density at radius 3 is 2.89 bits per heavy atom. The number of hydrogen-bond donors (Lipinski definition) is 3. The Balaban J connectivity index is 1.13. The van der Waals surface area contributed by atoms with Crippen molar-refractivity contribution in [2.24, 2.45) is 5.92 Å². The largest absolute Gasteiger partial charge is 0.444 e. The summed E-state index contributed by atoms with van der Waals surface area (Å²) in [4.78, 5) is 29.8. The van der Waals surface area contributed by atoms with Gasteiger partial charge in [0.05, 0.1) is 23.9 Å². The summed E-state index contributed by atoms with van der Waals surface area (Å²) in [7, 11) is 0. The molecule has 2 saturated heterocycles. The van der Waals surface area contributed by atoms with E-state index in [1.165, 1.54) is 17.0 Å². The Kier molecular flexibility index (Phi) is 6.27. The summed E-state index contributed by atoms with van der Waals surface area (Å²) < 4.78 is 51.1. The number of carbonyl (C=O) groups is 2. The first-order valence-electron chi connectivity index (χ1n) is 11.8. The number of amides is 2. The molecule has 2 aromatic rings. The van der Waals surface area contributed by atoms with Crippen molar-refractivity contribution in [1.29, 1.82) is 0 Å². The van der Waals surface area contributed by atoms with Crippen LogP contribution in [0.1, 0.15) is 50.1 Å². The molecule has 1 saturated carbocycles. The van der Waals surface area contributed by atoms with Crippen LogP contribution in [0.4, 0.5) is 29.5 Å². The molecule has 5 rings (SSSR count). The van der Waals surface area contributed by atoms with E-state index in [-0.39, 0.29) is 42.2 Å². The van der Waals surface area contributed by atoms with E-state index in [1.807, 2.05) is 6.92 Å². The van der Waals surface area contributed by atoms with Crippen molar-refractivity contribution < 1.29 is 32.2 Å². The molecule has 0 aromatic carbocycles. The van der Waals surface area contributed by atoms with E-state index in [4.69, 9.17) is 9.47 Å². The van der Waals surface area contributed by atoms with E-state index < -0.39 is 30.0 Å². The highest BCUT2D eigenvalue weighted by atomic mass is 19.4. The second kappa shape index (κ2) is 9.26. The molecule has 2 aromatic heterocycles. The van der Waals surface area contributed by atoms with Crippen molar-refractivity contribution in [3.05, 3.63) is 35.8 Å². The van der Waals surface area contributed by atoms with Crippen LogP contribution in [0.25, 0.3) is 0 Å². The van der Waals surface area contributed by atoms with Gasteiger partial charge in [-0.3, -0.25) is 9.89 Å². The van der Waals surface area contributed by atoms with Gasteiger partial charge >= 0.3 is 12.3 Å². The zero-order valence-electron chi connectivity index (χ0n) is 19.6.